The molecular formula is C20H25N3O3. The van der Waals surface area contributed by atoms with E-state index in [9.17, 15) is 9.59 Å². The topological polar surface area (TPSA) is 73.2 Å². The molecule has 6 heteroatoms. The zero-order valence-electron chi connectivity index (χ0n) is 15.3. The van der Waals surface area contributed by atoms with Crippen molar-refractivity contribution in [2.75, 3.05) is 6.61 Å². The lowest BCUT2D eigenvalue weighted by atomic mass is 10.1. The molecule has 0 bridgehead atoms. The maximum Gasteiger partial charge on any atom is 0.276 e. The first-order valence-corrected chi connectivity index (χ1v) is 9.13. The molecule has 1 fully saturated rings. The van der Waals surface area contributed by atoms with Crippen LogP contribution in [0.5, 0.6) is 0 Å². The largest absolute Gasteiger partial charge is 0.378 e. The smallest absolute Gasteiger partial charge is 0.276 e. The maximum absolute atomic E-state index is 12.5. The van der Waals surface area contributed by atoms with Gasteiger partial charge in [0.2, 0.25) is 5.43 Å². The van der Waals surface area contributed by atoms with E-state index in [1.807, 2.05) is 37.3 Å². The lowest BCUT2D eigenvalue weighted by molar-refractivity contribution is 0.0893. The van der Waals surface area contributed by atoms with Gasteiger partial charge in [0, 0.05) is 24.4 Å². The summed E-state index contributed by atoms with van der Waals surface area (Å²) in [6.07, 6.45) is 4.22. The fraction of sp³-hybridized carbons (Fsp3) is 0.450. The van der Waals surface area contributed by atoms with E-state index in [1.54, 1.807) is 11.6 Å². The average Bonchev–Trinajstić information content (AvgIpc) is 3.14. The maximum atomic E-state index is 12.5. The van der Waals surface area contributed by atoms with Crippen molar-refractivity contribution >= 4 is 5.91 Å². The van der Waals surface area contributed by atoms with Crippen LogP contribution in [0.1, 0.15) is 48.8 Å². The molecule has 0 saturated carbocycles. The quantitative estimate of drug-likeness (QED) is 0.864. The van der Waals surface area contributed by atoms with Crippen LogP contribution in [0.3, 0.4) is 0 Å². The highest BCUT2D eigenvalue weighted by atomic mass is 16.5. The number of ether oxygens (including phenoxy) is 1. The highest BCUT2D eigenvalue weighted by molar-refractivity contribution is 5.92. The summed E-state index contributed by atoms with van der Waals surface area (Å²) in [6.45, 7) is 4.57. The Hall–Kier alpha value is -2.47. The molecular weight excluding hydrogens is 330 g/mol. The van der Waals surface area contributed by atoms with E-state index in [4.69, 9.17) is 4.74 Å². The number of nitrogens with zero attached hydrogens (tertiary/aromatic N) is 2. The third kappa shape index (κ3) is 4.38. The average molecular weight is 355 g/mol. The summed E-state index contributed by atoms with van der Waals surface area (Å²) in [5.74, 6) is -0.431. The Labute approximate surface area is 153 Å². The van der Waals surface area contributed by atoms with Gasteiger partial charge < -0.3 is 10.1 Å². The van der Waals surface area contributed by atoms with Crippen molar-refractivity contribution in [1.82, 2.24) is 15.1 Å². The number of aromatic nitrogens is 2. The van der Waals surface area contributed by atoms with Crippen LogP contribution >= 0.6 is 0 Å². The Balaban J connectivity index is 1.71. The molecule has 0 spiro atoms. The molecule has 1 saturated heterocycles. The van der Waals surface area contributed by atoms with Gasteiger partial charge in [0.25, 0.3) is 5.91 Å². The van der Waals surface area contributed by atoms with Crippen molar-refractivity contribution in [3.05, 3.63) is 58.0 Å². The first-order chi connectivity index (χ1) is 12.5. The second-order valence-electron chi connectivity index (χ2n) is 6.83. The molecule has 0 radical (unpaired) electrons. The van der Waals surface area contributed by atoms with Crippen LogP contribution < -0.4 is 10.7 Å². The first-order valence-electron chi connectivity index (χ1n) is 9.13. The summed E-state index contributed by atoms with van der Waals surface area (Å²) in [5.41, 5.74) is 1.05. The molecule has 1 aromatic heterocycles. The SMILES string of the molecule is Cc1cc(=O)c(C(=O)N[C@@H](C)CC[C@H]2CCCO2)nn1-c1ccccc1. The Morgan fingerprint density at radius 1 is 1.38 bits per heavy atom. The number of benzene rings is 1. The van der Waals surface area contributed by atoms with Crippen LogP contribution in [-0.4, -0.2) is 34.4 Å². The van der Waals surface area contributed by atoms with Crippen LogP contribution in [0.2, 0.25) is 0 Å². The molecule has 2 aromatic rings. The number of amides is 1. The van der Waals surface area contributed by atoms with Crippen molar-refractivity contribution in [1.29, 1.82) is 0 Å². The molecule has 1 amide bonds. The standard InChI is InChI=1S/C20H25N3O3/c1-14(10-11-17-9-6-12-26-17)21-20(25)19-18(24)13-15(2)23(22-19)16-7-4-3-5-8-16/h3-5,7-8,13-14,17H,6,9-12H2,1-2H3,(H,21,25)/t14-,17+/m0/s1. The summed E-state index contributed by atoms with van der Waals surface area (Å²) >= 11 is 0. The lowest BCUT2D eigenvalue weighted by Crippen LogP contribution is -2.37. The van der Waals surface area contributed by atoms with E-state index in [0.717, 1.165) is 38.0 Å². The van der Waals surface area contributed by atoms with Crippen LogP contribution in [0.15, 0.2) is 41.2 Å². The molecule has 1 aromatic carbocycles. The Bertz CT molecular complexity index is 811. The van der Waals surface area contributed by atoms with Crippen LogP contribution in [0.25, 0.3) is 5.69 Å². The summed E-state index contributed by atoms with van der Waals surface area (Å²) in [4.78, 5) is 24.8. The fourth-order valence-electron chi connectivity index (χ4n) is 3.21. The summed E-state index contributed by atoms with van der Waals surface area (Å²) in [6, 6.07) is 10.9. The Morgan fingerprint density at radius 3 is 2.85 bits per heavy atom. The van der Waals surface area contributed by atoms with Crippen molar-refractivity contribution in [2.45, 2.75) is 51.7 Å². The van der Waals surface area contributed by atoms with E-state index in [0.29, 0.717) is 11.8 Å². The molecule has 1 aliphatic rings. The molecule has 2 heterocycles. The van der Waals surface area contributed by atoms with Crippen LogP contribution in [-0.2, 0) is 4.74 Å². The third-order valence-electron chi connectivity index (χ3n) is 4.65. The normalized spacial score (nSPS) is 17.8. The van der Waals surface area contributed by atoms with Gasteiger partial charge in [-0.05, 0) is 51.7 Å². The predicted molar refractivity (Wildman–Crippen MR) is 99.7 cm³/mol. The predicted octanol–water partition coefficient (Wildman–Crippen LogP) is 2.62. The van der Waals surface area contributed by atoms with Gasteiger partial charge in [-0.1, -0.05) is 18.2 Å². The molecule has 26 heavy (non-hydrogen) atoms. The van der Waals surface area contributed by atoms with Gasteiger partial charge in [-0.25, -0.2) is 4.68 Å². The zero-order valence-corrected chi connectivity index (χ0v) is 15.3. The Morgan fingerprint density at radius 2 is 2.15 bits per heavy atom. The number of nitrogens with one attached hydrogen (secondary N) is 1. The van der Waals surface area contributed by atoms with Crippen molar-refractivity contribution in [3.63, 3.8) is 0 Å². The second-order valence-corrected chi connectivity index (χ2v) is 6.83. The number of para-hydroxylation sites is 1. The summed E-state index contributed by atoms with van der Waals surface area (Å²) < 4.78 is 7.23. The minimum absolute atomic E-state index is 0.0422. The third-order valence-corrected chi connectivity index (χ3v) is 4.65. The van der Waals surface area contributed by atoms with E-state index < -0.39 is 5.91 Å². The van der Waals surface area contributed by atoms with Crippen LogP contribution in [0, 0.1) is 6.92 Å². The summed E-state index contributed by atoms with van der Waals surface area (Å²) in [5, 5.41) is 7.19. The highest BCUT2D eigenvalue weighted by Gasteiger charge is 2.20. The minimum Gasteiger partial charge on any atom is -0.378 e. The van der Waals surface area contributed by atoms with Gasteiger partial charge in [-0.2, -0.15) is 5.10 Å². The number of hydrogen-bond donors (Lipinski definition) is 1. The lowest BCUT2D eigenvalue weighted by Gasteiger charge is -2.16. The molecule has 1 N–H and O–H groups in total. The van der Waals surface area contributed by atoms with E-state index in [-0.39, 0.29) is 17.2 Å². The number of rotatable bonds is 6. The van der Waals surface area contributed by atoms with E-state index in [2.05, 4.69) is 10.4 Å². The van der Waals surface area contributed by atoms with E-state index in [1.165, 1.54) is 6.07 Å². The van der Waals surface area contributed by atoms with Crippen molar-refractivity contribution in [2.24, 2.45) is 0 Å². The molecule has 6 nitrogen and oxygen atoms in total. The Kier molecular flexibility index (Phi) is 5.83. The van der Waals surface area contributed by atoms with Crippen molar-refractivity contribution in [3.8, 4) is 5.69 Å². The molecule has 0 unspecified atom stereocenters. The number of carbonyl (C=O) groups is 1. The second kappa shape index (κ2) is 8.27. The van der Waals surface area contributed by atoms with Gasteiger partial charge in [0.15, 0.2) is 5.69 Å². The molecule has 0 aliphatic carbocycles. The number of aryl methyl sites for hydroxylation is 1. The van der Waals surface area contributed by atoms with Crippen molar-refractivity contribution < 1.29 is 9.53 Å². The van der Waals surface area contributed by atoms with Gasteiger partial charge >= 0.3 is 0 Å². The first kappa shape index (κ1) is 18.3. The highest BCUT2D eigenvalue weighted by Crippen LogP contribution is 2.17. The minimum atomic E-state index is -0.431. The monoisotopic (exact) mass is 355 g/mol. The number of carbonyl (C=O) groups excluding carboxylic acids is 1. The molecule has 1 aliphatic heterocycles. The van der Waals surface area contributed by atoms with Gasteiger partial charge in [0.1, 0.15) is 0 Å². The zero-order chi connectivity index (χ0) is 18.5. The molecule has 138 valence electrons. The van der Waals surface area contributed by atoms with Gasteiger partial charge in [0.05, 0.1) is 11.8 Å². The number of hydrogen-bond acceptors (Lipinski definition) is 4. The van der Waals surface area contributed by atoms with E-state index >= 15 is 0 Å². The summed E-state index contributed by atoms with van der Waals surface area (Å²) in [7, 11) is 0. The van der Waals surface area contributed by atoms with Gasteiger partial charge in [-0.3, -0.25) is 9.59 Å². The fourth-order valence-corrected chi connectivity index (χ4v) is 3.21. The van der Waals surface area contributed by atoms with Crippen LogP contribution in [0.4, 0.5) is 0 Å². The molecule has 2 atom stereocenters. The van der Waals surface area contributed by atoms with Gasteiger partial charge in [-0.15, -0.1) is 0 Å². The molecule has 3 rings (SSSR count).